The van der Waals surface area contributed by atoms with Crippen LogP contribution in [0.4, 0.5) is 5.69 Å². The van der Waals surface area contributed by atoms with Crippen molar-refractivity contribution < 1.29 is 4.74 Å². The lowest BCUT2D eigenvalue weighted by molar-refractivity contribution is 0.317. The van der Waals surface area contributed by atoms with E-state index in [2.05, 4.69) is 24.2 Å². The molecule has 0 saturated carbocycles. The summed E-state index contributed by atoms with van der Waals surface area (Å²) in [4.78, 5) is 4.42. The van der Waals surface area contributed by atoms with Crippen molar-refractivity contribution in [1.29, 1.82) is 0 Å². The predicted octanol–water partition coefficient (Wildman–Crippen LogP) is 3.38. The Balaban J connectivity index is 1.89. The largest absolute Gasteiger partial charge is 0.494 e. The van der Waals surface area contributed by atoms with Crippen LogP contribution in [0.25, 0.3) is 0 Å². The summed E-state index contributed by atoms with van der Waals surface area (Å²) >= 11 is 1.79. The van der Waals surface area contributed by atoms with Gasteiger partial charge < -0.3 is 10.1 Å². The maximum Gasteiger partial charge on any atom is 0.161 e. The lowest BCUT2D eigenvalue weighted by atomic mass is 10.3. The van der Waals surface area contributed by atoms with Crippen LogP contribution in [0.3, 0.4) is 0 Å². The van der Waals surface area contributed by atoms with Crippen molar-refractivity contribution in [1.82, 2.24) is 0 Å². The average Bonchev–Trinajstić information content (AvgIpc) is 2.74. The molecular weight excluding hydrogens is 232 g/mol. The van der Waals surface area contributed by atoms with E-state index in [4.69, 9.17) is 4.74 Å². The first kappa shape index (κ1) is 12.3. The minimum atomic E-state index is 0.588. The van der Waals surface area contributed by atoms with E-state index in [-0.39, 0.29) is 0 Å². The Morgan fingerprint density at radius 1 is 1.41 bits per heavy atom. The highest BCUT2D eigenvalue weighted by Crippen LogP contribution is 2.23. The molecular formula is C13H18N2OS. The molecule has 1 atom stereocenters. The van der Waals surface area contributed by atoms with E-state index in [9.17, 15) is 0 Å². The minimum Gasteiger partial charge on any atom is -0.494 e. The van der Waals surface area contributed by atoms with Crippen molar-refractivity contribution in [2.45, 2.75) is 25.5 Å². The van der Waals surface area contributed by atoms with Crippen molar-refractivity contribution in [3.8, 4) is 5.75 Å². The zero-order valence-electron chi connectivity index (χ0n) is 10.3. The Morgan fingerprint density at radius 2 is 2.18 bits per heavy atom. The fourth-order valence-corrected chi connectivity index (χ4v) is 2.38. The molecule has 0 aromatic heterocycles. The third kappa shape index (κ3) is 3.66. The van der Waals surface area contributed by atoms with Crippen LogP contribution >= 0.6 is 11.8 Å². The van der Waals surface area contributed by atoms with Crippen LogP contribution in [0.1, 0.15) is 20.3 Å². The van der Waals surface area contributed by atoms with E-state index in [1.54, 1.807) is 11.8 Å². The first-order chi connectivity index (χ1) is 8.28. The predicted molar refractivity (Wildman–Crippen MR) is 75.2 cm³/mol. The van der Waals surface area contributed by atoms with E-state index in [1.165, 1.54) is 0 Å². The second-order valence-electron chi connectivity index (χ2n) is 4.07. The van der Waals surface area contributed by atoms with Crippen molar-refractivity contribution in [2.75, 3.05) is 18.5 Å². The molecule has 17 heavy (non-hydrogen) atoms. The summed E-state index contributed by atoms with van der Waals surface area (Å²) in [5, 5.41) is 4.91. The summed E-state index contributed by atoms with van der Waals surface area (Å²) in [6.45, 7) is 5.97. The molecule has 1 aliphatic heterocycles. The van der Waals surface area contributed by atoms with Gasteiger partial charge in [-0.1, -0.05) is 25.6 Å². The van der Waals surface area contributed by atoms with Crippen LogP contribution in [-0.4, -0.2) is 23.6 Å². The molecule has 0 bridgehead atoms. The molecule has 3 nitrogen and oxygen atoms in total. The molecule has 1 aliphatic rings. The minimum absolute atomic E-state index is 0.588. The average molecular weight is 250 g/mol. The molecule has 1 N–H and O–H groups in total. The van der Waals surface area contributed by atoms with Crippen molar-refractivity contribution in [3.05, 3.63) is 24.3 Å². The quantitative estimate of drug-likeness (QED) is 0.889. The van der Waals surface area contributed by atoms with Gasteiger partial charge in [-0.15, -0.1) is 0 Å². The summed E-state index contributed by atoms with van der Waals surface area (Å²) in [5.74, 6) is 0.923. The highest BCUT2D eigenvalue weighted by Gasteiger charge is 2.14. The number of nitrogens with zero attached hydrogens (tertiary/aromatic N) is 1. The standard InChI is InChI=1S/C13H18N2OS/c1-3-8-16-12-6-4-11(5-7-12)15-13-14-9-10(2)17-13/h4-7,10H,3,8-9H2,1-2H3,(H,14,15). The Labute approximate surface area is 107 Å². The number of hydrogen-bond acceptors (Lipinski definition) is 4. The number of aliphatic imine (C=N–C) groups is 1. The highest BCUT2D eigenvalue weighted by atomic mass is 32.2. The summed E-state index contributed by atoms with van der Waals surface area (Å²) in [5.41, 5.74) is 1.06. The van der Waals surface area contributed by atoms with Crippen LogP contribution in [-0.2, 0) is 0 Å². The summed E-state index contributed by atoms with van der Waals surface area (Å²) < 4.78 is 5.53. The maximum atomic E-state index is 5.53. The lowest BCUT2D eigenvalue weighted by Gasteiger charge is -2.08. The SMILES string of the molecule is CCCOc1ccc(NC2=NCC(C)S2)cc1. The van der Waals surface area contributed by atoms with Gasteiger partial charge in [-0.05, 0) is 30.7 Å². The molecule has 0 aliphatic carbocycles. The number of hydrogen-bond donors (Lipinski definition) is 1. The molecule has 2 rings (SSSR count). The van der Waals surface area contributed by atoms with Gasteiger partial charge in [0.2, 0.25) is 0 Å². The lowest BCUT2D eigenvalue weighted by Crippen LogP contribution is -2.05. The number of thioether (sulfide) groups is 1. The van der Waals surface area contributed by atoms with Crippen LogP contribution in [0.5, 0.6) is 5.75 Å². The summed E-state index contributed by atoms with van der Waals surface area (Å²) in [6, 6.07) is 8.03. The smallest absolute Gasteiger partial charge is 0.161 e. The van der Waals surface area contributed by atoms with Gasteiger partial charge >= 0.3 is 0 Å². The number of nitrogens with one attached hydrogen (secondary N) is 1. The Hall–Kier alpha value is -1.16. The molecule has 1 aromatic carbocycles. The van der Waals surface area contributed by atoms with Gasteiger partial charge in [0.05, 0.1) is 13.2 Å². The first-order valence-corrected chi connectivity index (χ1v) is 6.87. The van der Waals surface area contributed by atoms with Gasteiger partial charge in [0.15, 0.2) is 5.17 Å². The molecule has 0 amide bonds. The zero-order chi connectivity index (χ0) is 12.1. The van der Waals surface area contributed by atoms with Crippen LogP contribution in [0.2, 0.25) is 0 Å². The second kappa shape index (κ2) is 5.96. The van der Waals surface area contributed by atoms with E-state index in [0.29, 0.717) is 5.25 Å². The molecule has 1 heterocycles. The van der Waals surface area contributed by atoms with E-state index in [1.807, 2.05) is 24.3 Å². The van der Waals surface area contributed by atoms with Gasteiger partial charge in [0.1, 0.15) is 5.75 Å². The molecule has 1 aromatic rings. The van der Waals surface area contributed by atoms with Crippen molar-refractivity contribution in [2.24, 2.45) is 4.99 Å². The third-order valence-electron chi connectivity index (χ3n) is 2.38. The second-order valence-corrected chi connectivity index (χ2v) is 5.50. The summed E-state index contributed by atoms with van der Waals surface area (Å²) in [6.07, 6.45) is 1.03. The third-order valence-corrected chi connectivity index (χ3v) is 3.39. The maximum absolute atomic E-state index is 5.53. The number of anilines is 1. The molecule has 92 valence electrons. The van der Waals surface area contributed by atoms with Crippen LogP contribution < -0.4 is 10.1 Å². The summed E-state index contributed by atoms with van der Waals surface area (Å²) in [7, 11) is 0. The Morgan fingerprint density at radius 3 is 2.76 bits per heavy atom. The topological polar surface area (TPSA) is 33.6 Å². The molecule has 1 unspecified atom stereocenters. The van der Waals surface area contributed by atoms with Gasteiger partial charge in [-0.2, -0.15) is 0 Å². The van der Waals surface area contributed by atoms with E-state index >= 15 is 0 Å². The fourth-order valence-electron chi connectivity index (χ4n) is 1.52. The number of benzene rings is 1. The highest BCUT2D eigenvalue weighted by molar-refractivity contribution is 8.15. The van der Waals surface area contributed by atoms with Crippen molar-refractivity contribution >= 4 is 22.6 Å². The Kier molecular flexibility index (Phi) is 4.31. The molecule has 0 fully saturated rings. The Bertz CT molecular complexity index is 389. The number of amidine groups is 1. The van der Waals surface area contributed by atoms with Gasteiger partial charge in [-0.25, -0.2) is 0 Å². The molecule has 0 saturated heterocycles. The zero-order valence-corrected chi connectivity index (χ0v) is 11.1. The molecule has 0 radical (unpaired) electrons. The van der Waals surface area contributed by atoms with E-state index in [0.717, 1.165) is 36.2 Å². The fraction of sp³-hybridized carbons (Fsp3) is 0.462. The number of rotatable bonds is 4. The molecule has 4 heteroatoms. The van der Waals surface area contributed by atoms with Gasteiger partial charge in [0, 0.05) is 10.9 Å². The van der Waals surface area contributed by atoms with Crippen molar-refractivity contribution in [3.63, 3.8) is 0 Å². The normalized spacial score (nSPS) is 18.9. The van der Waals surface area contributed by atoms with Crippen LogP contribution in [0, 0.1) is 0 Å². The monoisotopic (exact) mass is 250 g/mol. The first-order valence-electron chi connectivity index (χ1n) is 5.99. The van der Waals surface area contributed by atoms with E-state index < -0.39 is 0 Å². The van der Waals surface area contributed by atoms with Gasteiger partial charge in [0.25, 0.3) is 0 Å². The van der Waals surface area contributed by atoms with Gasteiger partial charge in [-0.3, -0.25) is 4.99 Å². The van der Waals surface area contributed by atoms with Crippen LogP contribution in [0.15, 0.2) is 29.3 Å². The molecule has 0 spiro atoms. The number of ether oxygens (including phenoxy) is 1.